The van der Waals surface area contributed by atoms with E-state index < -0.39 is 6.10 Å². The molecule has 1 amide bonds. The molecule has 0 saturated heterocycles. The molecule has 2 atom stereocenters. The molecule has 8 nitrogen and oxygen atoms in total. The van der Waals surface area contributed by atoms with Gasteiger partial charge in [-0.1, -0.05) is 29.8 Å². The zero-order valence-electron chi connectivity index (χ0n) is 23.1. The fourth-order valence-electron chi connectivity index (χ4n) is 5.55. The number of likely N-dealkylation sites (N-methyl/N-ethyl adjacent to an activating group) is 1. The second-order valence-electron chi connectivity index (χ2n) is 10.6. The largest absolute Gasteiger partial charge is 0.496 e. The lowest BCUT2D eigenvalue weighted by Gasteiger charge is -2.32. The molecule has 1 heterocycles. The maximum absolute atomic E-state index is 12.9. The molecule has 1 saturated carbocycles. The molecule has 204 valence electrons. The van der Waals surface area contributed by atoms with E-state index in [9.17, 15) is 9.90 Å². The first kappa shape index (κ1) is 27.8. The summed E-state index contributed by atoms with van der Waals surface area (Å²) in [4.78, 5) is 23.9. The fourth-order valence-corrected chi connectivity index (χ4v) is 5.55. The number of nitrogens with zero attached hydrogens (tertiary/aromatic N) is 3. The van der Waals surface area contributed by atoms with E-state index in [0.717, 1.165) is 53.7 Å². The number of carbonyl (C=O) groups excluding carboxylic acids is 1. The van der Waals surface area contributed by atoms with E-state index >= 15 is 0 Å². The third kappa shape index (κ3) is 6.25. The third-order valence-electron chi connectivity index (χ3n) is 7.64. The Morgan fingerprint density at radius 1 is 1.16 bits per heavy atom. The number of anilines is 1. The van der Waals surface area contributed by atoms with Gasteiger partial charge in [-0.3, -0.25) is 4.79 Å². The van der Waals surface area contributed by atoms with Gasteiger partial charge in [0.05, 0.1) is 25.3 Å². The fraction of sp³-hybridized carbons (Fsp3) is 0.500. The molecular formula is C30H40N4O4. The van der Waals surface area contributed by atoms with Crippen LogP contribution in [0.3, 0.4) is 0 Å². The van der Waals surface area contributed by atoms with Crippen LogP contribution in [0.25, 0.3) is 10.9 Å². The van der Waals surface area contributed by atoms with Gasteiger partial charge in [0.2, 0.25) is 5.91 Å². The Bertz CT molecular complexity index is 1270. The minimum Gasteiger partial charge on any atom is -0.496 e. The summed E-state index contributed by atoms with van der Waals surface area (Å²) < 4.78 is 5.81. The standard InChI is InChI=1S/C30H40N4O4/c1-18-7-6-8-23(13-18)19(2)31-29-26-14-25(28(38-5)15-27(26)32-20(3)33-29)21-9-11-22(12-10-21)30(37)34(4)16-24(36)17-35/h6-8,13-15,19,21-22,24,35-36H,9-12,16-17H2,1-5H3,(H,31,32,33)/t19-,21?,22?,24?/m0/s1. The van der Waals surface area contributed by atoms with Crippen LogP contribution < -0.4 is 10.1 Å². The van der Waals surface area contributed by atoms with E-state index in [-0.39, 0.29) is 36.9 Å². The molecule has 1 aromatic heterocycles. The number of aromatic nitrogens is 2. The normalized spacial score (nSPS) is 19.1. The summed E-state index contributed by atoms with van der Waals surface area (Å²) in [5, 5.41) is 23.4. The van der Waals surface area contributed by atoms with Crippen LogP contribution in [0.15, 0.2) is 36.4 Å². The van der Waals surface area contributed by atoms with Crippen molar-refractivity contribution in [2.24, 2.45) is 5.92 Å². The van der Waals surface area contributed by atoms with E-state index in [1.807, 2.05) is 13.0 Å². The Morgan fingerprint density at radius 2 is 1.89 bits per heavy atom. The molecule has 1 fully saturated rings. The number of nitrogens with one attached hydrogen (secondary N) is 1. The lowest BCUT2D eigenvalue weighted by molar-refractivity contribution is -0.136. The highest BCUT2D eigenvalue weighted by Crippen LogP contribution is 2.42. The number of ether oxygens (including phenoxy) is 1. The molecule has 0 bridgehead atoms. The Hall–Kier alpha value is -3.23. The van der Waals surface area contributed by atoms with Crippen LogP contribution in [-0.4, -0.2) is 64.4 Å². The summed E-state index contributed by atoms with van der Waals surface area (Å²) in [6, 6.07) is 12.7. The molecule has 1 aliphatic carbocycles. The Balaban J connectivity index is 1.57. The molecule has 38 heavy (non-hydrogen) atoms. The summed E-state index contributed by atoms with van der Waals surface area (Å²) in [5.74, 6) is 2.52. The Labute approximate surface area is 225 Å². The van der Waals surface area contributed by atoms with Gasteiger partial charge in [0, 0.05) is 37.0 Å². The van der Waals surface area contributed by atoms with Crippen LogP contribution in [0.2, 0.25) is 0 Å². The number of aliphatic hydroxyl groups is 2. The molecule has 3 N–H and O–H groups in total. The minimum absolute atomic E-state index is 0.0296. The zero-order valence-corrected chi connectivity index (χ0v) is 23.1. The highest BCUT2D eigenvalue weighted by Gasteiger charge is 2.31. The average molecular weight is 521 g/mol. The molecule has 1 unspecified atom stereocenters. The number of methoxy groups -OCH3 is 1. The molecule has 1 aliphatic rings. The van der Waals surface area contributed by atoms with Crippen LogP contribution in [0.4, 0.5) is 5.82 Å². The number of fused-ring (bicyclic) bond motifs is 1. The molecule has 0 radical (unpaired) electrons. The smallest absolute Gasteiger partial charge is 0.225 e. The first-order valence-electron chi connectivity index (χ1n) is 13.4. The highest BCUT2D eigenvalue weighted by atomic mass is 16.5. The number of aliphatic hydroxyl groups excluding tert-OH is 2. The topological polar surface area (TPSA) is 108 Å². The molecular weight excluding hydrogens is 480 g/mol. The maximum atomic E-state index is 12.9. The number of hydrogen-bond donors (Lipinski definition) is 3. The van der Waals surface area contributed by atoms with Crippen molar-refractivity contribution in [1.29, 1.82) is 0 Å². The van der Waals surface area contributed by atoms with Crippen LogP contribution in [0, 0.1) is 19.8 Å². The third-order valence-corrected chi connectivity index (χ3v) is 7.64. The number of hydrogen-bond acceptors (Lipinski definition) is 7. The van der Waals surface area contributed by atoms with E-state index in [0.29, 0.717) is 5.82 Å². The molecule has 0 aliphatic heterocycles. The quantitative estimate of drug-likeness (QED) is 0.381. The van der Waals surface area contributed by atoms with Crippen molar-refractivity contribution in [3.63, 3.8) is 0 Å². The monoisotopic (exact) mass is 520 g/mol. The molecule has 4 rings (SSSR count). The van der Waals surface area contributed by atoms with Crippen molar-refractivity contribution >= 4 is 22.6 Å². The van der Waals surface area contributed by atoms with Gasteiger partial charge < -0.3 is 25.2 Å². The van der Waals surface area contributed by atoms with Crippen molar-refractivity contribution in [1.82, 2.24) is 14.9 Å². The van der Waals surface area contributed by atoms with Crippen molar-refractivity contribution in [3.05, 3.63) is 58.9 Å². The van der Waals surface area contributed by atoms with Gasteiger partial charge in [-0.15, -0.1) is 0 Å². The van der Waals surface area contributed by atoms with Crippen molar-refractivity contribution in [2.75, 3.05) is 32.6 Å². The molecule has 2 aromatic carbocycles. The van der Waals surface area contributed by atoms with E-state index in [2.05, 4.69) is 49.5 Å². The number of benzene rings is 2. The predicted molar refractivity (Wildman–Crippen MR) is 149 cm³/mol. The Morgan fingerprint density at radius 3 is 2.55 bits per heavy atom. The number of amides is 1. The summed E-state index contributed by atoms with van der Waals surface area (Å²) in [6.07, 6.45) is 2.35. The first-order chi connectivity index (χ1) is 18.2. The predicted octanol–water partition coefficient (Wildman–Crippen LogP) is 4.51. The van der Waals surface area contributed by atoms with Crippen LogP contribution in [0.1, 0.15) is 67.1 Å². The number of carbonyl (C=O) groups is 1. The van der Waals surface area contributed by atoms with Crippen molar-refractivity contribution < 1.29 is 19.7 Å². The van der Waals surface area contributed by atoms with Crippen LogP contribution in [-0.2, 0) is 4.79 Å². The van der Waals surface area contributed by atoms with Gasteiger partial charge in [0.1, 0.15) is 17.4 Å². The summed E-state index contributed by atoms with van der Waals surface area (Å²) in [5.41, 5.74) is 4.37. The van der Waals surface area contributed by atoms with Crippen molar-refractivity contribution in [3.8, 4) is 5.75 Å². The van der Waals surface area contributed by atoms with Gasteiger partial charge in [0.15, 0.2) is 0 Å². The average Bonchev–Trinajstić information content (AvgIpc) is 2.91. The molecule has 8 heteroatoms. The van der Waals surface area contributed by atoms with Crippen LogP contribution in [0.5, 0.6) is 5.75 Å². The summed E-state index contributed by atoms with van der Waals surface area (Å²) in [6.45, 7) is 5.92. The lowest BCUT2D eigenvalue weighted by Crippen LogP contribution is -2.40. The number of rotatable bonds is 9. The summed E-state index contributed by atoms with van der Waals surface area (Å²) >= 11 is 0. The second-order valence-corrected chi connectivity index (χ2v) is 10.6. The van der Waals surface area contributed by atoms with Gasteiger partial charge in [-0.2, -0.15) is 0 Å². The van der Waals surface area contributed by atoms with Crippen molar-refractivity contribution in [2.45, 2.75) is 64.5 Å². The minimum atomic E-state index is -0.913. The summed E-state index contributed by atoms with van der Waals surface area (Å²) in [7, 11) is 3.38. The highest BCUT2D eigenvalue weighted by molar-refractivity contribution is 5.91. The first-order valence-corrected chi connectivity index (χ1v) is 13.4. The maximum Gasteiger partial charge on any atom is 0.225 e. The zero-order chi connectivity index (χ0) is 27.4. The Kier molecular flexibility index (Phi) is 8.84. The molecule has 3 aromatic rings. The lowest BCUT2D eigenvalue weighted by atomic mass is 9.77. The van der Waals surface area contributed by atoms with Gasteiger partial charge in [0.25, 0.3) is 0 Å². The molecule has 0 spiro atoms. The van der Waals surface area contributed by atoms with E-state index in [1.54, 1.807) is 14.2 Å². The van der Waals surface area contributed by atoms with Gasteiger partial charge in [-0.05, 0) is 69.6 Å². The van der Waals surface area contributed by atoms with E-state index in [4.69, 9.17) is 19.8 Å². The second kappa shape index (κ2) is 12.1. The number of aryl methyl sites for hydroxylation is 2. The van der Waals surface area contributed by atoms with E-state index in [1.165, 1.54) is 16.0 Å². The van der Waals surface area contributed by atoms with Crippen LogP contribution >= 0.6 is 0 Å². The SMILES string of the molecule is COc1cc2nc(C)nc(N[C@@H](C)c3cccc(C)c3)c2cc1C1CCC(C(=O)N(C)CC(O)CO)CC1. The van der Waals surface area contributed by atoms with Gasteiger partial charge >= 0.3 is 0 Å². The van der Waals surface area contributed by atoms with Gasteiger partial charge in [-0.25, -0.2) is 9.97 Å².